The summed E-state index contributed by atoms with van der Waals surface area (Å²) in [5.41, 5.74) is 2.92. The van der Waals surface area contributed by atoms with Crippen LogP contribution in [0, 0.1) is 5.92 Å². The van der Waals surface area contributed by atoms with Gasteiger partial charge in [0.2, 0.25) is 0 Å². The van der Waals surface area contributed by atoms with Crippen molar-refractivity contribution in [1.82, 2.24) is 0 Å². The lowest BCUT2D eigenvalue weighted by Crippen LogP contribution is -2.38. The lowest BCUT2D eigenvalue weighted by atomic mass is 9.57. The van der Waals surface area contributed by atoms with E-state index in [1.165, 1.54) is 0 Å². The van der Waals surface area contributed by atoms with Gasteiger partial charge in [-0.3, -0.25) is 9.59 Å². The van der Waals surface area contributed by atoms with Crippen LogP contribution in [0.1, 0.15) is 50.1 Å². The third-order valence-corrected chi connectivity index (χ3v) is 5.80. The maximum Gasteiger partial charge on any atom is 0.335 e. The largest absolute Gasteiger partial charge is 0.478 e. The summed E-state index contributed by atoms with van der Waals surface area (Å²) >= 11 is 0. The van der Waals surface area contributed by atoms with Crippen LogP contribution in [-0.2, 0) is 4.79 Å². The Labute approximate surface area is 173 Å². The monoisotopic (exact) mass is 400 g/mol. The molecule has 1 fully saturated rings. The highest BCUT2D eigenvalue weighted by atomic mass is 16.5. The van der Waals surface area contributed by atoms with Crippen molar-refractivity contribution in [2.24, 2.45) is 5.92 Å². The third-order valence-electron chi connectivity index (χ3n) is 5.80. The highest BCUT2D eigenvalue weighted by Gasteiger charge is 2.46. The number of carboxylic acids is 1. The molecule has 0 bridgehead atoms. The molecule has 0 spiro atoms. The summed E-state index contributed by atoms with van der Waals surface area (Å²) in [5, 5.41) is 9.14. The zero-order valence-electron chi connectivity index (χ0n) is 16.1. The molecule has 0 aliphatic heterocycles. The summed E-state index contributed by atoms with van der Waals surface area (Å²) in [6.07, 6.45) is 0.692. The quantitative estimate of drug-likeness (QED) is 0.460. The number of rotatable bonds is 7. The predicted molar refractivity (Wildman–Crippen MR) is 111 cm³/mol. The molecule has 3 atom stereocenters. The van der Waals surface area contributed by atoms with Gasteiger partial charge in [-0.1, -0.05) is 54.6 Å². The average Bonchev–Trinajstić information content (AvgIpc) is 2.75. The van der Waals surface area contributed by atoms with E-state index in [0.717, 1.165) is 11.1 Å². The van der Waals surface area contributed by atoms with E-state index in [-0.39, 0.29) is 29.1 Å². The normalized spacial score (nSPS) is 20.1. The maximum absolute atomic E-state index is 13.2. The number of aromatic carboxylic acids is 1. The van der Waals surface area contributed by atoms with Crippen molar-refractivity contribution in [3.05, 3.63) is 101 Å². The molecule has 0 heterocycles. The van der Waals surface area contributed by atoms with Crippen LogP contribution in [0.3, 0.4) is 0 Å². The van der Waals surface area contributed by atoms with Crippen molar-refractivity contribution in [1.29, 1.82) is 0 Å². The van der Waals surface area contributed by atoms with Crippen LogP contribution in [0.15, 0.2) is 78.9 Å². The van der Waals surface area contributed by atoms with Gasteiger partial charge in [-0.15, -0.1) is 0 Å². The van der Waals surface area contributed by atoms with E-state index in [4.69, 9.17) is 9.84 Å². The van der Waals surface area contributed by atoms with Crippen LogP contribution in [0.5, 0.6) is 5.75 Å². The van der Waals surface area contributed by atoms with E-state index in [1.807, 2.05) is 54.6 Å². The number of hydrogen-bond donors (Lipinski definition) is 1. The molecule has 5 nitrogen and oxygen atoms in total. The topological polar surface area (TPSA) is 80.7 Å². The molecule has 3 aromatic carbocycles. The molecule has 0 radical (unpaired) electrons. The number of carboxylic acid groups (broad SMARTS) is 1. The highest BCUT2D eigenvalue weighted by molar-refractivity contribution is 5.99. The summed E-state index contributed by atoms with van der Waals surface area (Å²) in [6, 6.07) is 23.3. The average molecular weight is 400 g/mol. The fraction of sp³-hybridized carbons (Fsp3) is 0.160. The smallest absolute Gasteiger partial charge is 0.335 e. The summed E-state index contributed by atoms with van der Waals surface area (Å²) in [4.78, 5) is 34.9. The van der Waals surface area contributed by atoms with E-state index in [0.29, 0.717) is 24.2 Å². The molecule has 1 aliphatic carbocycles. The number of ether oxygens (including phenoxy) is 1. The molecule has 5 heteroatoms. The van der Waals surface area contributed by atoms with E-state index in [1.54, 1.807) is 24.3 Å². The molecule has 0 amide bonds. The Morgan fingerprint density at radius 2 is 1.47 bits per heavy atom. The van der Waals surface area contributed by atoms with Crippen LogP contribution in [-0.4, -0.2) is 23.3 Å². The Hall–Kier alpha value is -3.73. The molecule has 1 saturated carbocycles. The predicted octanol–water partition coefficient (Wildman–Crippen LogP) is 4.69. The fourth-order valence-electron chi connectivity index (χ4n) is 4.24. The van der Waals surface area contributed by atoms with Crippen LogP contribution < -0.4 is 4.74 Å². The van der Waals surface area contributed by atoms with Gasteiger partial charge in [0.15, 0.2) is 5.78 Å². The van der Waals surface area contributed by atoms with Crippen LogP contribution in [0.4, 0.5) is 0 Å². The minimum atomic E-state index is -0.963. The summed E-state index contributed by atoms with van der Waals surface area (Å²) < 4.78 is 4.88. The first kappa shape index (κ1) is 19.6. The van der Waals surface area contributed by atoms with Crippen LogP contribution >= 0.6 is 0 Å². The van der Waals surface area contributed by atoms with Crippen molar-refractivity contribution < 1.29 is 24.2 Å². The third kappa shape index (κ3) is 3.74. The molecule has 4 rings (SSSR count). The number of hydrogen-bond acceptors (Lipinski definition) is 4. The van der Waals surface area contributed by atoms with Crippen molar-refractivity contribution >= 4 is 18.2 Å². The minimum absolute atomic E-state index is 0.0429. The Balaban J connectivity index is 1.65. The van der Waals surface area contributed by atoms with Crippen molar-refractivity contribution in [3.63, 3.8) is 0 Å². The molecule has 30 heavy (non-hydrogen) atoms. The first-order valence-corrected chi connectivity index (χ1v) is 9.71. The van der Waals surface area contributed by atoms with Gasteiger partial charge in [-0.25, -0.2) is 4.79 Å². The number of carbonyl (C=O) groups is 3. The number of benzene rings is 3. The number of carbonyl (C=O) groups excluding carboxylic acids is 2. The second-order valence-corrected chi connectivity index (χ2v) is 7.42. The molecule has 0 saturated heterocycles. The minimum Gasteiger partial charge on any atom is -0.478 e. The van der Waals surface area contributed by atoms with Crippen LogP contribution in [0.25, 0.3) is 0 Å². The Kier molecular flexibility index (Phi) is 5.44. The maximum atomic E-state index is 13.2. The first-order valence-electron chi connectivity index (χ1n) is 9.71. The summed E-state index contributed by atoms with van der Waals surface area (Å²) in [5.74, 6) is -0.528. The summed E-state index contributed by atoms with van der Waals surface area (Å²) in [6.45, 7) is 0.382. The molecular formula is C25H20O5. The van der Waals surface area contributed by atoms with Crippen molar-refractivity contribution in [2.45, 2.75) is 18.3 Å². The molecule has 150 valence electrons. The van der Waals surface area contributed by atoms with E-state index in [9.17, 15) is 14.4 Å². The van der Waals surface area contributed by atoms with Crippen LogP contribution in [0.2, 0.25) is 0 Å². The molecule has 1 N–H and O–H groups in total. The van der Waals surface area contributed by atoms with Gasteiger partial charge in [-0.05, 0) is 47.7 Å². The number of Topliss-reactive ketones (excluding diaryl/α,β-unsaturated/α-hetero) is 1. The van der Waals surface area contributed by atoms with Gasteiger partial charge < -0.3 is 9.84 Å². The van der Waals surface area contributed by atoms with Gasteiger partial charge in [0, 0.05) is 17.4 Å². The fourth-order valence-corrected chi connectivity index (χ4v) is 4.24. The lowest BCUT2D eigenvalue weighted by Gasteiger charge is -2.45. The zero-order valence-corrected chi connectivity index (χ0v) is 16.1. The second-order valence-electron chi connectivity index (χ2n) is 7.42. The molecular weight excluding hydrogens is 380 g/mol. The Morgan fingerprint density at radius 1 is 0.833 bits per heavy atom. The van der Waals surface area contributed by atoms with Gasteiger partial charge in [-0.2, -0.15) is 0 Å². The Morgan fingerprint density at radius 3 is 2.07 bits per heavy atom. The highest BCUT2D eigenvalue weighted by Crippen LogP contribution is 2.54. The van der Waals surface area contributed by atoms with Gasteiger partial charge >= 0.3 is 5.97 Å². The summed E-state index contributed by atoms with van der Waals surface area (Å²) in [7, 11) is 0. The van der Waals surface area contributed by atoms with Crippen molar-refractivity contribution in [3.8, 4) is 5.75 Å². The van der Waals surface area contributed by atoms with Gasteiger partial charge in [0.05, 0.1) is 5.56 Å². The lowest BCUT2D eigenvalue weighted by molar-refractivity contribution is -0.120. The van der Waals surface area contributed by atoms with E-state index in [2.05, 4.69) is 0 Å². The molecule has 3 aromatic rings. The standard InChI is InChI=1S/C25H20O5/c26-15-30-20-12-10-17(11-13-20)23-21(16-6-8-19(9-7-16)25(28)29)14-22(23)24(27)18-4-2-1-3-5-18/h1-13,15,21-23H,14H2,(H,28,29)/t21-,22+,23+/m0/s1. The van der Waals surface area contributed by atoms with E-state index >= 15 is 0 Å². The van der Waals surface area contributed by atoms with Gasteiger partial charge in [0.25, 0.3) is 6.47 Å². The second kappa shape index (κ2) is 8.33. The SMILES string of the molecule is O=COc1ccc([C@H]2[C@H](C(=O)c3ccccc3)C[C@H]2c2ccc(C(=O)O)cc2)cc1. The van der Waals surface area contributed by atoms with E-state index < -0.39 is 5.97 Å². The Bertz CT molecular complexity index is 1050. The van der Waals surface area contributed by atoms with Crippen molar-refractivity contribution in [2.75, 3.05) is 0 Å². The first-order chi connectivity index (χ1) is 14.6. The molecule has 0 unspecified atom stereocenters. The zero-order chi connectivity index (χ0) is 21.1. The molecule has 0 aromatic heterocycles. The van der Waals surface area contributed by atoms with Gasteiger partial charge in [0.1, 0.15) is 5.75 Å². The molecule has 1 aliphatic rings. The number of ketones is 1.